The molecule has 0 radical (unpaired) electrons. The van der Waals surface area contributed by atoms with E-state index in [0.717, 1.165) is 0 Å². The second kappa shape index (κ2) is 6.71. The zero-order valence-corrected chi connectivity index (χ0v) is 12.4. The van der Waals surface area contributed by atoms with Crippen LogP contribution < -0.4 is 5.73 Å². The highest BCUT2D eigenvalue weighted by atomic mass is 35.5. The first-order valence-electron chi connectivity index (χ1n) is 6.23. The van der Waals surface area contributed by atoms with Crippen molar-refractivity contribution in [1.29, 1.82) is 0 Å². The standard InChI is InChI=1S/C15H13Cl2F2NO/c16-9-3-1-5-11(18)13(9)8(7-20)15(21)14-10(17)4-2-6-12(14)19/h1-6,8,15,21H,7,20H2. The van der Waals surface area contributed by atoms with Crippen LogP contribution in [0, 0.1) is 11.6 Å². The number of aliphatic hydroxyl groups is 1. The molecule has 2 aromatic carbocycles. The van der Waals surface area contributed by atoms with E-state index in [2.05, 4.69) is 0 Å². The quantitative estimate of drug-likeness (QED) is 0.887. The van der Waals surface area contributed by atoms with Crippen LogP contribution in [0.25, 0.3) is 0 Å². The molecule has 2 rings (SSSR count). The number of hydrogen-bond donors (Lipinski definition) is 2. The van der Waals surface area contributed by atoms with E-state index in [-0.39, 0.29) is 27.7 Å². The van der Waals surface area contributed by atoms with E-state index < -0.39 is 23.7 Å². The van der Waals surface area contributed by atoms with Gasteiger partial charge in [-0.15, -0.1) is 0 Å². The molecule has 6 heteroatoms. The van der Waals surface area contributed by atoms with Gasteiger partial charge < -0.3 is 10.8 Å². The fourth-order valence-corrected chi connectivity index (χ4v) is 2.84. The van der Waals surface area contributed by atoms with Gasteiger partial charge in [-0.05, 0) is 24.3 Å². The van der Waals surface area contributed by atoms with Crippen molar-refractivity contribution in [2.75, 3.05) is 6.54 Å². The number of rotatable bonds is 4. The SMILES string of the molecule is NCC(c1c(F)cccc1Cl)C(O)c1c(F)cccc1Cl. The number of aliphatic hydroxyl groups excluding tert-OH is 1. The summed E-state index contributed by atoms with van der Waals surface area (Å²) in [6.07, 6.45) is -1.40. The topological polar surface area (TPSA) is 46.2 Å². The third-order valence-electron chi connectivity index (χ3n) is 3.30. The molecule has 0 saturated carbocycles. The Hall–Kier alpha value is -1.20. The maximum absolute atomic E-state index is 14.0. The minimum Gasteiger partial charge on any atom is -0.388 e. The van der Waals surface area contributed by atoms with Crippen LogP contribution >= 0.6 is 23.2 Å². The summed E-state index contributed by atoms with van der Waals surface area (Å²) >= 11 is 11.9. The van der Waals surface area contributed by atoms with Gasteiger partial charge in [-0.2, -0.15) is 0 Å². The lowest BCUT2D eigenvalue weighted by Crippen LogP contribution is -2.22. The molecule has 3 N–H and O–H groups in total. The van der Waals surface area contributed by atoms with Crippen LogP contribution in [0.3, 0.4) is 0 Å². The van der Waals surface area contributed by atoms with Crippen LogP contribution in [0.2, 0.25) is 10.0 Å². The molecule has 0 spiro atoms. The number of benzene rings is 2. The largest absolute Gasteiger partial charge is 0.388 e. The summed E-state index contributed by atoms with van der Waals surface area (Å²) in [5, 5.41) is 10.6. The van der Waals surface area contributed by atoms with Crippen LogP contribution in [0.5, 0.6) is 0 Å². The summed E-state index contributed by atoms with van der Waals surface area (Å²) in [5.74, 6) is -2.20. The van der Waals surface area contributed by atoms with Crippen molar-refractivity contribution in [2.45, 2.75) is 12.0 Å². The molecule has 0 aliphatic carbocycles. The highest BCUT2D eigenvalue weighted by molar-refractivity contribution is 6.31. The lowest BCUT2D eigenvalue weighted by Gasteiger charge is -2.24. The first-order valence-corrected chi connectivity index (χ1v) is 6.99. The predicted molar refractivity (Wildman–Crippen MR) is 79.6 cm³/mol. The summed E-state index contributed by atoms with van der Waals surface area (Å²) in [4.78, 5) is 0. The Labute approximate surface area is 131 Å². The van der Waals surface area contributed by atoms with E-state index in [9.17, 15) is 13.9 Å². The normalized spacial score (nSPS) is 14.0. The van der Waals surface area contributed by atoms with E-state index >= 15 is 0 Å². The predicted octanol–water partition coefficient (Wildman–Crippen LogP) is 4.05. The molecule has 21 heavy (non-hydrogen) atoms. The molecule has 0 heterocycles. The van der Waals surface area contributed by atoms with E-state index in [1.54, 1.807) is 0 Å². The van der Waals surface area contributed by atoms with E-state index in [0.29, 0.717) is 0 Å². The van der Waals surface area contributed by atoms with Crippen LogP contribution in [-0.4, -0.2) is 11.7 Å². The van der Waals surface area contributed by atoms with Crippen molar-refractivity contribution in [3.63, 3.8) is 0 Å². The van der Waals surface area contributed by atoms with Gasteiger partial charge in [0.25, 0.3) is 0 Å². The second-order valence-corrected chi connectivity index (χ2v) is 5.37. The number of hydrogen-bond acceptors (Lipinski definition) is 2. The second-order valence-electron chi connectivity index (χ2n) is 4.56. The first-order chi connectivity index (χ1) is 9.97. The highest BCUT2D eigenvalue weighted by Gasteiger charge is 2.29. The Morgan fingerprint density at radius 1 is 0.952 bits per heavy atom. The molecule has 0 aliphatic rings. The number of nitrogens with two attached hydrogens (primary N) is 1. The van der Waals surface area contributed by atoms with Crippen LogP contribution in [0.4, 0.5) is 8.78 Å². The van der Waals surface area contributed by atoms with Gasteiger partial charge in [-0.25, -0.2) is 8.78 Å². The average Bonchev–Trinajstić information content (AvgIpc) is 2.42. The molecular weight excluding hydrogens is 319 g/mol. The Kier molecular flexibility index (Phi) is 5.17. The molecule has 0 fully saturated rings. The zero-order chi connectivity index (χ0) is 15.6. The highest BCUT2D eigenvalue weighted by Crippen LogP contribution is 2.39. The summed E-state index contributed by atoms with van der Waals surface area (Å²) in [5.41, 5.74) is 5.56. The molecule has 0 aliphatic heterocycles. The first kappa shape index (κ1) is 16.2. The Morgan fingerprint density at radius 2 is 1.43 bits per heavy atom. The molecule has 0 saturated heterocycles. The molecule has 0 amide bonds. The molecule has 112 valence electrons. The van der Waals surface area contributed by atoms with Crippen molar-refractivity contribution in [3.05, 3.63) is 69.2 Å². The van der Waals surface area contributed by atoms with Gasteiger partial charge in [0, 0.05) is 33.6 Å². The van der Waals surface area contributed by atoms with Gasteiger partial charge in [0.15, 0.2) is 0 Å². The molecule has 0 aromatic heterocycles. The van der Waals surface area contributed by atoms with Crippen LogP contribution in [0.1, 0.15) is 23.1 Å². The van der Waals surface area contributed by atoms with E-state index in [1.807, 2.05) is 0 Å². The lowest BCUT2D eigenvalue weighted by atomic mass is 9.88. The minimum absolute atomic E-state index is 0.0495. The van der Waals surface area contributed by atoms with Gasteiger partial charge in [-0.3, -0.25) is 0 Å². The fourth-order valence-electron chi connectivity index (χ4n) is 2.26. The molecule has 2 aromatic rings. The van der Waals surface area contributed by atoms with Gasteiger partial charge in [0.2, 0.25) is 0 Å². The molecular formula is C15H13Cl2F2NO. The molecule has 2 nitrogen and oxygen atoms in total. The maximum Gasteiger partial charge on any atom is 0.130 e. The monoisotopic (exact) mass is 331 g/mol. The zero-order valence-electron chi connectivity index (χ0n) is 10.9. The van der Waals surface area contributed by atoms with Crippen molar-refractivity contribution < 1.29 is 13.9 Å². The van der Waals surface area contributed by atoms with Gasteiger partial charge >= 0.3 is 0 Å². The fraction of sp³-hybridized carbons (Fsp3) is 0.200. The summed E-state index contributed by atoms with van der Waals surface area (Å²) < 4.78 is 27.9. The maximum atomic E-state index is 14.0. The Morgan fingerprint density at radius 3 is 1.86 bits per heavy atom. The van der Waals surface area contributed by atoms with Crippen molar-refractivity contribution in [2.24, 2.45) is 5.73 Å². The van der Waals surface area contributed by atoms with Gasteiger partial charge in [0.05, 0.1) is 6.10 Å². The van der Waals surface area contributed by atoms with E-state index in [4.69, 9.17) is 28.9 Å². The van der Waals surface area contributed by atoms with Crippen molar-refractivity contribution in [1.82, 2.24) is 0 Å². The third kappa shape index (κ3) is 3.19. The van der Waals surface area contributed by atoms with Gasteiger partial charge in [0.1, 0.15) is 11.6 Å². The van der Waals surface area contributed by atoms with E-state index in [1.165, 1.54) is 36.4 Å². The lowest BCUT2D eigenvalue weighted by molar-refractivity contribution is 0.141. The third-order valence-corrected chi connectivity index (χ3v) is 3.96. The van der Waals surface area contributed by atoms with Crippen LogP contribution in [0.15, 0.2) is 36.4 Å². The Bertz CT molecular complexity index is 611. The van der Waals surface area contributed by atoms with Crippen LogP contribution in [-0.2, 0) is 0 Å². The Balaban J connectivity index is 2.51. The molecule has 0 bridgehead atoms. The van der Waals surface area contributed by atoms with Crippen molar-refractivity contribution >= 4 is 23.2 Å². The molecule has 2 atom stereocenters. The molecule has 2 unspecified atom stereocenters. The number of halogens is 4. The summed E-state index contributed by atoms with van der Waals surface area (Å²) in [6.45, 7) is -0.119. The average molecular weight is 332 g/mol. The van der Waals surface area contributed by atoms with Gasteiger partial charge in [-0.1, -0.05) is 35.3 Å². The van der Waals surface area contributed by atoms with Crippen molar-refractivity contribution in [3.8, 4) is 0 Å². The smallest absolute Gasteiger partial charge is 0.130 e. The minimum atomic E-state index is -1.40. The summed E-state index contributed by atoms with van der Waals surface area (Å²) in [6, 6.07) is 8.16. The summed E-state index contributed by atoms with van der Waals surface area (Å²) in [7, 11) is 0.